The van der Waals surface area contributed by atoms with Crippen molar-refractivity contribution in [3.8, 4) is 5.75 Å². The first-order valence-electron chi connectivity index (χ1n) is 9.15. The van der Waals surface area contributed by atoms with Crippen LogP contribution in [0.4, 0.5) is 0 Å². The highest BCUT2D eigenvalue weighted by atomic mass is 16.5. The number of hydrogen-bond acceptors (Lipinski definition) is 5. The van der Waals surface area contributed by atoms with Gasteiger partial charge in [-0.2, -0.15) is 0 Å². The summed E-state index contributed by atoms with van der Waals surface area (Å²) in [6.07, 6.45) is 1.87. The molecule has 0 saturated carbocycles. The van der Waals surface area contributed by atoms with Crippen LogP contribution in [0.15, 0.2) is 24.3 Å². The zero-order chi connectivity index (χ0) is 17.3. The molecule has 2 aliphatic rings. The van der Waals surface area contributed by atoms with Gasteiger partial charge in [0.2, 0.25) is 0 Å². The van der Waals surface area contributed by atoms with Crippen molar-refractivity contribution >= 4 is 0 Å². The molecule has 6 nitrogen and oxygen atoms in total. The number of fused-ring (bicyclic) bond motifs is 1. The average molecular weight is 342 g/mol. The first kappa shape index (κ1) is 16.5. The summed E-state index contributed by atoms with van der Waals surface area (Å²) in [5.41, 5.74) is 3.30. The van der Waals surface area contributed by atoms with Crippen molar-refractivity contribution in [1.29, 1.82) is 0 Å². The largest absolute Gasteiger partial charge is 0.485 e. The van der Waals surface area contributed by atoms with Crippen molar-refractivity contribution < 1.29 is 9.47 Å². The predicted molar refractivity (Wildman–Crippen MR) is 94.4 cm³/mol. The molecule has 0 unspecified atom stereocenters. The monoisotopic (exact) mass is 342 g/mol. The topological polar surface area (TPSA) is 52.4 Å². The van der Waals surface area contributed by atoms with E-state index in [1.54, 1.807) is 0 Å². The Morgan fingerprint density at radius 3 is 2.80 bits per heavy atom. The van der Waals surface area contributed by atoms with Gasteiger partial charge in [0.25, 0.3) is 0 Å². The van der Waals surface area contributed by atoms with Crippen LogP contribution in [0.25, 0.3) is 0 Å². The molecule has 0 atom stereocenters. The van der Waals surface area contributed by atoms with E-state index < -0.39 is 0 Å². The molecular formula is C19H26N4O2. The second-order valence-corrected chi connectivity index (χ2v) is 7.09. The third kappa shape index (κ3) is 3.28. The third-order valence-corrected chi connectivity index (χ3v) is 5.31. The summed E-state index contributed by atoms with van der Waals surface area (Å²) in [7, 11) is 0. The Hall–Kier alpha value is -1.92. The number of benzene rings is 1. The number of aromatic nitrogens is 3. The van der Waals surface area contributed by atoms with Crippen molar-refractivity contribution in [3.63, 3.8) is 0 Å². The summed E-state index contributed by atoms with van der Waals surface area (Å²) in [5.74, 6) is 1.02. The maximum atomic E-state index is 6.56. The average Bonchev–Trinajstić information content (AvgIpc) is 2.89. The summed E-state index contributed by atoms with van der Waals surface area (Å²) in [6.45, 7) is 9.15. The Kier molecular flexibility index (Phi) is 4.48. The zero-order valence-corrected chi connectivity index (χ0v) is 15.1. The molecule has 1 aromatic carbocycles. The van der Waals surface area contributed by atoms with Crippen LogP contribution in [0.2, 0.25) is 0 Å². The van der Waals surface area contributed by atoms with Crippen molar-refractivity contribution in [2.45, 2.75) is 51.9 Å². The molecule has 0 radical (unpaired) electrons. The maximum Gasteiger partial charge on any atom is 0.126 e. The molecule has 4 rings (SSSR count). The molecule has 0 amide bonds. The van der Waals surface area contributed by atoms with Gasteiger partial charge in [-0.1, -0.05) is 23.4 Å². The lowest BCUT2D eigenvalue weighted by Gasteiger charge is -2.39. The van der Waals surface area contributed by atoms with Crippen LogP contribution in [0.1, 0.15) is 36.7 Å². The van der Waals surface area contributed by atoms with Gasteiger partial charge in [0.05, 0.1) is 24.6 Å². The number of rotatable bonds is 3. The van der Waals surface area contributed by atoms with Crippen LogP contribution in [0.5, 0.6) is 5.75 Å². The Morgan fingerprint density at radius 1 is 1.20 bits per heavy atom. The molecule has 0 N–H and O–H groups in total. The number of hydrogen-bond donors (Lipinski definition) is 0. The summed E-state index contributed by atoms with van der Waals surface area (Å²) in [5, 5.41) is 8.52. The van der Waals surface area contributed by atoms with Gasteiger partial charge in [0.1, 0.15) is 11.4 Å². The molecule has 6 heteroatoms. The fourth-order valence-electron chi connectivity index (χ4n) is 3.90. The summed E-state index contributed by atoms with van der Waals surface area (Å²) in [6, 6.07) is 8.41. The Morgan fingerprint density at radius 2 is 2.00 bits per heavy atom. The van der Waals surface area contributed by atoms with Crippen molar-refractivity contribution in [2.75, 3.05) is 19.8 Å². The molecule has 3 heterocycles. The predicted octanol–water partition coefficient (Wildman–Crippen LogP) is 2.55. The number of aryl methyl sites for hydroxylation is 2. The highest BCUT2D eigenvalue weighted by molar-refractivity contribution is 5.35. The minimum Gasteiger partial charge on any atom is -0.485 e. The zero-order valence-electron chi connectivity index (χ0n) is 15.1. The summed E-state index contributed by atoms with van der Waals surface area (Å²) < 4.78 is 14.2. The molecule has 1 spiro atoms. The standard InChI is InChI=1S/C19H26N4O2/c1-3-23-17(15(2)20-21-23)13-22-12-16-6-4-5-7-18(16)25-19(14-22)8-10-24-11-9-19/h4-7H,3,8-14H2,1-2H3. The molecule has 134 valence electrons. The van der Waals surface area contributed by atoms with Gasteiger partial charge in [-0.05, 0) is 19.9 Å². The van der Waals surface area contributed by atoms with Crippen LogP contribution < -0.4 is 4.74 Å². The minimum absolute atomic E-state index is 0.163. The van der Waals surface area contributed by atoms with Crippen LogP contribution >= 0.6 is 0 Å². The fourth-order valence-corrected chi connectivity index (χ4v) is 3.90. The van der Waals surface area contributed by atoms with E-state index >= 15 is 0 Å². The first-order valence-corrected chi connectivity index (χ1v) is 9.15. The van der Waals surface area contributed by atoms with Gasteiger partial charge in [-0.25, -0.2) is 4.68 Å². The molecule has 1 aromatic heterocycles. The van der Waals surface area contributed by atoms with Gasteiger partial charge in [-0.3, -0.25) is 4.90 Å². The van der Waals surface area contributed by atoms with Crippen LogP contribution in [0.3, 0.4) is 0 Å². The van der Waals surface area contributed by atoms with Gasteiger partial charge in [0, 0.05) is 44.6 Å². The van der Waals surface area contributed by atoms with Crippen LogP contribution in [-0.4, -0.2) is 45.3 Å². The number of para-hydroxylation sites is 1. The van der Waals surface area contributed by atoms with E-state index in [2.05, 4.69) is 46.4 Å². The van der Waals surface area contributed by atoms with Crippen LogP contribution in [-0.2, 0) is 24.4 Å². The van der Waals surface area contributed by atoms with Crippen molar-refractivity contribution in [2.24, 2.45) is 0 Å². The molecule has 0 aliphatic carbocycles. The molecule has 2 aromatic rings. The SMILES string of the molecule is CCn1nnc(C)c1CN1Cc2ccccc2OC2(CCOCC2)C1. The highest BCUT2D eigenvalue weighted by Gasteiger charge is 2.39. The van der Waals surface area contributed by atoms with E-state index in [0.717, 1.165) is 63.7 Å². The smallest absolute Gasteiger partial charge is 0.126 e. The minimum atomic E-state index is -0.163. The second-order valence-electron chi connectivity index (χ2n) is 7.09. The Labute approximate surface area is 148 Å². The van der Waals surface area contributed by atoms with E-state index in [-0.39, 0.29) is 5.60 Å². The molecule has 0 bridgehead atoms. The van der Waals surface area contributed by atoms with Crippen molar-refractivity contribution in [3.05, 3.63) is 41.2 Å². The second kappa shape index (κ2) is 6.77. The summed E-state index contributed by atoms with van der Waals surface area (Å²) >= 11 is 0. The van der Waals surface area contributed by atoms with Gasteiger partial charge >= 0.3 is 0 Å². The Balaban J connectivity index is 1.66. The lowest BCUT2D eigenvalue weighted by molar-refractivity contribution is -0.0596. The summed E-state index contributed by atoms with van der Waals surface area (Å²) in [4.78, 5) is 2.48. The fraction of sp³-hybridized carbons (Fsp3) is 0.579. The number of ether oxygens (including phenoxy) is 2. The molecule has 25 heavy (non-hydrogen) atoms. The third-order valence-electron chi connectivity index (χ3n) is 5.31. The molecular weight excluding hydrogens is 316 g/mol. The highest BCUT2D eigenvalue weighted by Crippen LogP contribution is 2.35. The maximum absolute atomic E-state index is 6.56. The van der Waals surface area contributed by atoms with E-state index in [4.69, 9.17) is 9.47 Å². The lowest BCUT2D eigenvalue weighted by atomic mass is 9.93. The molecule has 2 aliphatic heterocycles. The normalized spacial score (nSPS) is 20.1. The van der Waals surface area contributed by atoms with E-state index in [1.807, 2.05) is 11.6 Å². The van der Waals surface area contributed by atoms with E-state index in [0.29, 0.717) is 0 Å². The lowest BCUT2D eigenvalue weighted by Crippen LogP contribution is -2.49. The Bertz CT molecular complexity index is 737. The number of nitrogens with zero attached hydrogens (tertiary/aromatic N) is 4. The van der Waals surface area contributed by atoms with Gasteiger partial charge in [-0.15, -0.1) is 5.10 Å². The van der Waals surface area contributed by atoms with Crippen LogP contribution in [0, 0.1) is 6.92 Å². The molecule has 1 fully saturated rings. The van der Waals surface area contributed by atoms with Crippen molar-refractivity contribution in [1.82, 2.24) is 19.9 Å². The quantitative estimate of drug-likeness (QED) is 0.858. The van der Waals surface area contributed by atoms with Gasteiger partial charge < -0.3 is 9.47 Å². The van der Waals surface area contributed by atoms with Gasteiger partial charge in [0.15, 0.2) is 0 Å². The van der Waals surface area contributed by atoms with E-state index in [1.165, 1.54) is 11.3 Å². The molecule has 1 saturated heterocycles. The first-order chi connectivity index (χ1) is 12.2. The van der Waals surface area contributed by atoms with E-state index in [9.17, 15) is 0 Å².